The predicted octanol–water partition coefficient (Wildman–Crippen LogP) is 3.66. The summed E-state index contributed by atoms with van der Waals surface area (Å²) in [5.74, 6) is 1.50. The van der Waals surface area contributed by atoms with Gasteiger partial charge in [-0.05, 0) is 67.6 Å². The molecule has 7 heteroatoms. The third-order valence-electron chi connectivity index (χ3n) is 6.28. The molecule has 2 aliphatic rings. The number of methoxy groups -OCH3 is 1. The first kappa shape index (κ1) is 22.1. The summed E-state index contributed by atoms with van der Waals surface area (Å²) in [6.45, 7) is 5.89. The summed E-state index contributed by atoms with van der Waals surface area (Å²) in [5, 5.41) is 0. The van der Waals surface area contributed by atoms with Crippen molar-refractivity contribution in [1.29, 1.82) is 0 Å². The second-order valence-corrected chi connectivity index (χ2v) is 10.1. The molecule has 0 amide bonds. The second kappa shape index (κ2) is 8.26. The number of likely N-dealkylation sites (tertiary alicyclic amines) is 1. The Morgan fingerprint density at radius 3 is 2.34 bits per heavy atom. The molecule has 0 radical (unpaired) electrons. The SMILES string of the molecule is COc1ccc([C@@H]2[C@@H]3CN(S(=O)(=O)c4cc(C)ccc4C)C[C@@H]3CN2C)cc1.Cl. The second-order valence-electron chi connectivity index (χ2n) is 8.17. The number of aryl methyl sites for hydroxylation is 2. The molecule has 0 aliphatic carbocycles. The summed E-state index contributed by atoms with van der Waals surface area (Å²) in [6, 6.07) is 14.1. The maximum atomic E-state index is 13.3. The third kappa shape index (κ3) is 3.91. The van der Waals surface area contributed by atoms with Gasteiger partial charge in [0.2, 0.25) is 10.0 Å². The van der Waals surface area contributed by atoms with E-state index in [0.29, 0.717) is 29.8 Å². The lowest BCUT2D eigenvalue weighted by Gasteiger charge is -2.27. The van der Waals surface area contributed by atoms with Gasteiger partial charge in [0.1, 0.15) is 5.75 Å². The van der Waals surface area contributed by atoms with Gasteiger partial charge in [0.25, 0.3) is 0 Å². The molecular weight excluding hydrogens is 408 g/mol. The zero-order valence-electron chi connectivity index (χ0n) is 17.3. The van der Waals surface area contributed by atoms with E-state index < -0.39 is 10.0 Å². The average Bonchev–Trinajstić information content (AvgIpc) is 3.21. The van der Waals surface area contributed by atoms with Crippen LogP contribution >= 0.6 is 12.4 Å². The Labute approximate surface area is 180 Å². The Hall–Kier alpha value is -1.60. The van der Waals surface area contributed by atoms with Crippen LogP contribution in [0.5, 0.6) is 5.75 Å². The van der Waals surface area contributed by atoms with E-state index in [1.165, 1.54) is 5.56 Å². The molecule has 4 rings (SSSR count). The Morgan fingerprint density at radius 1 is 1.00 bits per heavy atom. The fraction of sp³-hybridized carbons (Fsp3) is 0.455. The molecule has 5 nitrogen and oxygen atoms in total. The van der Waals surface area contributed by atoms with Gasteiger partial charge in [0.05, 0.1) is 12.0 Å². The van der Waals surface area contributed by atoms with Crippen LogP contribution in [0.3, 0.4) is 0 Å². The van der Waals surface area contributed by atoms with Crippen LogP contribution in [-0.2, 0) is 10.0 Å². The van der Waals surface area contributed by atoms with Crippen molar-refractivity contribution in [2.45, 2.75) is 24.8 Å². The van der Waals surface area contributed by atoms with Gasteiger partial charge in [0, 0.05) is 25.7 Å². The van der Waals surface area contributed by atoms with Gasteiger partial charge < -0.3 is 4.74 Å². The number of halogens is 1. The van der Waals surface area contributed by atoms with E-state index in [0.717, 1.165) is 23.4 Å². The van der Waals surface area contributed by atoms with Gasteiger partial charge >= 0.3 is 0 Å². The molecule has 2 aromatic carbocycles. The van der Waals surface area contributed by atoms with E-state index >= 15 is 0 Å². The molecular formula is C22H29ClN2O3S. The van der Waals surface area contributed by atoms with Crippen LogP contribution in [0.4, 0.5) is 0 Å². The van der Waals surface area contributed by atoms with Gasteiger partial charge in [-0.25, -0.2) is 8.42 Å². The first-order chi connectivity index (χ1) is 13.3. The molecule has 0 unspecified atom stereocenters. The third-order valence-corrected chi connectivity index (χ3v) is 8.25. The van der Waals surface area contributed by atoms with Crippen LogP contribution in [0.2, 0.25) is 0 Å². The molecule has 3 atom stereocenters. The van der Waals surface area contributed by atoms with Crippen molar-refractivity contribution in [3.05, 3.63) is 59.2 Å². The Kier molecular flexibility index (Phi) is 6.30. The van der Waals surface area contributed by atoms with Crippen molar-refractivity contribution in [3.63, 3.8) is 0 Å². The van der Waals surface area contributed by atoms with Gasteiger partial charge in [-0.3, -0.25) is 4.90 Å². The number of nitrogens with zero attached hydrogens (tertiary/aromatic N) is 2. The molecule has 0 spiro atoms. The molecule has 2 heterocycles. The van der Waals surface area contributed by atoms with Crippen molar-refractivity contribution in [2.24, 2.45) is 11.8 Å². The van der Waals surface area contributed by atoms with Crippen molar-refractivity contribution in [2.75, 3.05) is 33.8 Å². The van der Waals surface area contributed by atoms with E-state index in [9.17, 15) is 8.42 Å². The van der Waals surface area contributed by atoms with Crippen molar-refractivity contribution >= 4 is 22.4 Å². The monoisotopic (exact) mass is 436 g/mol. The highest BCUT2D eigenvalue weighted by Gasteiger charge is 2.49. The molecule has 2 aromatic rings. The fourth-order valence-corrected chi connectivity index (χ4v) is 6.68. The smallest absolute Gasteiger partial charge is 0.243 e. The van der Waals surface area contributed by atoms with E-state index in [4.69, 9.17) is 4.74 Å². The zero-order chi connectivity index (χ0) is 20.1. The van der Waals surface area contributed by atoms with E-state index in [1.54, 1.807) is 17.5 Å². The van der Waals surface area contributed by atoms with Gasteiger partial charge in [-0.15, -0.1) is 12.4 Å². The van der Waals surface area contributed by atoms with E-state index in [2.05, 4.69) is 24.1 Å². The molecule has 0 aromatic heterocycles. The zero-order valence-corrected chi connectivity index (χ0v) is 19.0. The minimum Gasteiger partial charge on any atom is -0.497 e. The highest BCUT2D eigenvalue weighted by Crippen LogP contribution is 2.45. The molecule has 29 heavy (non-hydrogen) atoms. The Bertz CT molecular complexity index is 978. The number of sulfonamides is 1. The molecule has 2 fully saturated rings. The summed E-state index contributed by atoms with van der Waals surface area (Å²) >= 11 is 0. The van der Waals surface area contributed by atoms with E-state index in [-0.39, 0.29) is 18.4 Å². The van der Waals surface area contributed by atoms with Crippen molar-refractivity contribution in [3.8, 4) is 5.75 Å². The number of rotatable bonds is 4. The number of hydrogen-bond acceptors (Lipinski definition) is 4. The van der Waals surface area contributed by atoms with Gasteiger partial charge in [-0.1, -0.05) is 24.3 Å². The molecule has 158 valence electrons. The summed E-state index contributed by atoms with van der Waals surface area (Å²) in [7, 11) is 0.329. The van der Waals surface area contributed by atoms with Crippen LogP contribution in [-0.4, -0.2) is 51.4 Å². The van der Waals surface area contributed by atoms with Crippen LogP contribution < -0.4 is 4.74 Å². The largest absolute Gasteiger partial charge is 0.497 e. The predicted molar refractivity (Wildman–Crippen MR) is 117 cm³/mol. The molecule has 2 saturated heterocycles. The Morgan fingerprint density at radius 2 is 1.69 bits per heavy atom. The molecule has 0 saturated carbocycles. The quantitative estimate of drug-likeness (QED) is 0.733. The van der Waals surface area contributed by atoms with Crippen molar-refractivity contribution in [1.82, 2.24) is 9.21 Å². The Balaban J connectivity index is 0.00000240. The van der Waals surface area contributed by atoms with Crippen molar-refractivity contribution < 1.29 is 13.2 Å². The maximum Gasteiger partial charge on any atom is 0.243 e. The summed E-state index contributed by atoms with van der Waals surface area (Å²) < 4.78 is 33.7. The lowest BCUT2D eigenvalue weighted by molar-refractivity contribution is 0.261. The minimum atomic E-state index is -3.47. The lowest BCUT2D eigenvalue weighted by Crippen LogP contribution is -2.33. The minimum absolute atomic E-state index is 0. The normalized spacial score (nSPS) is 24.9. The van der Waals surface area contributed by atoms with Crippen LogP contribution in [0, 0.1) is 25.7 Å². The summed E-state index contributed by atoms with van der Waals surface area (Å²) in [5.41, 5.74) is 3.01. The maximum absolute atomic E-state index is 13.3. The van der Waals surface area contributed by atoms with Crippen LogP contribution in [0.25, 0.3) is 0 Å². The first-order valence-corrected chi connectivity index (χ1v) is 11.2. The number of benzene rings is 2. The number of ether oxygens (including phenoxy) is 1. The van der Waals surface area contributed by atoms with Crippen LogP contribution in [0.15, 0.2) is 47.4 Å². The summed E-state index contributed by atoms with van der Waals surface area (Å²) in [4.78, 5) is 2.81. The average molecular weight is 437 g/mol. The van der Waals surface area contributed by atoms with Gasteiger partial charge in [0.15, 0.2) is 0 Å². The topological polar surface area (TPSA) is 49.9 Å². The highest BCUT2D eigenvalue weighted by atomic mass is 35.5. The standard InChI is InChI=1S/C22H28N2O3S.ClH/c1-15-5-6-16(2)21(11-15)28(25,26)24-13-18-12-23(3)22(20(18)14-24)17-7-9-19(27-4)10-8-17;/h5-11,18,20,22H,12-14H2,1-4H3;1H/t18-,20+,22+;/m0./s1. The number of hydrogen-bond donors (Lipinski definition) is 0. The molecule has 2 aliphatic heterocycles. The summed E-state index contributed by atoms with van der Waals surface area (Å²) in [6.07, 6.45) is 0. The van der Waals surface area contributed by atoms with E-state index in [1.807, 2.05) is 38.1 Å². The number of fused-ring (bicyclic) bond motifs is 1. The van der Waals surface area contributed by atoms with Crippen LogP contribution in [0.1, 0.15) is 22.7 Å². The lowest BCUT2D eigenvalue weighted by atomic mass is 9.89. The first-order valence-electron chi connectivity index (χ1n) is 9.73. The highest BCUT2D eigenvalue weighted by molar-refractivity contribution is 7.89. The fourth-order valence-electron chi connectivity index (χ4n) is 4.84. The van der Waals surface area contributed by atoms with Gasteiger partial charge in [-0.2, -0.15) is 4.31 Å². The molecule has 0 bridgehead atoms. The molecule has 0 N–H and O–H groups in total.